The molecule has 0 heterocycles. The first kappa shape index (κ1) is 11.1. The molecule has 1 rings (SSSR count). The highest BCUT2D eigenvalue weighted by Gasteiger charge is 2.03. The van der Waals surface area contributed by atoms with E-state index in [2.05, 4.69) is 12.2 Å². The van der Waals surface area contributed by atoms with E-state index in [4.69, 9.17) is 15.0 Å². The number of nitrogens with two attached hydrogens (primary N) is 1. The van der Waals surface area contributed by atoms with Crippen LogP contribution in [0.25, 0.3) is 0 Å². The van der Waals surface area contributed by atoms with Gasteiger partial charge in [0.15, 0.2) is 22.4 Å². The SMILES string of the molecule is Nc1cc(CS(=O)O)ccc1OC=S. The van der Waals surface area contributed by atoms with Crippen LogP contribution in [0.2, 0.25) is 0 Å². The van der Waals surface area contributed by atoms with Gasteiger partial charge >= 0.3 is 0 Å². The van der Waals surface area contributed by atoms with Gasteiger partial charge in [0.1, 0.15) is 0 Å². The standard InChI is InChI=1S/C8H9NO3S2/c9-7-3-6(4-14(10)11)1-2-8(7)12-5-13/h1-3,5H,4,9H2,(H,10,11). The molecule has 4 nitrogen and oxygen atoms in total. The Bertz CT molecular complexity index is 368. The lowest BCUT2D eigenvalue weighted by atomic mass is 10.2. The summed E-state index contributed by atoms with van der Waals surface area (Å²) in [7, 11) is 0. The van der Waals surface area contributed by atoms with Crippen LogP contribution in [-0.2, 0) is 16.8 Å². The van der Waals surface area contributed by atoms with Gasteiger partial charge in [-0.05, 0) is 29.9 Å². The molecular weight excluding hydrogens is 222 g/mol. The van der Waals surface area contributed by atoms with E-state index in [0.717, 1.165) is 5.55 Å². The summed E-state index contributed by atoms with van der Waals surface area (Å²) < 4.78 is 24.1. The van der Waals surface area contributed by atoms with Crippen LogP contribution in [-0.4, -0.2) is 14.3 Å². The largest absolute Gasteiger partial charge is 0.451 e. The number of rotatable bonds is 4. The van der Waals surface area contributed by atoms with Gasteiger partial charge in [0.2, 0.25) is 0 Å². The van der Waals surface area contributed by atoms with Crippen LogP contribution in [0, 0.1) is 0 Å². The molecule has 0 amide bonds. The van der Waals surface area contributed by atoms with E-state index in [1.807, 2.05) is 0 Å². The minimum absolute atomic E-state index is 0.0576. The number of hydrogen-bond donors (Lipinski definition) is 2. The first-order chi connectivity index (χ1) is 6.63. The average Bonchev–Trinajstić information content (AvgIpc) is 2.09. The van der Waals surface area contributed by atoms with Crippen molar-refractivity contribution < 1.29 is 13.5 Å². The topological polar surface area (TPSA) is 72.6 Å². The molecular formula is C8H9NO3S2. The quantitative estimate of drug-likeness (QED) is 0.464. The molecule has 14 heavy (non-hydrogen) atoms. The Morgan fingerprint density at radius 2 is 2.36 bits per heavy atom. The average molecular weight is 231 g/mol. The fraction of sp³-hybridized carbons (Fsp3) is 0.125. The van der Waals surface area contributed by atoms with Crippen LogP contribution < -0.4 is 10.5 Å². The zero-order chi connectivity index (χ0) is 10.6. The van der Waals surface area contributed by atoms with Crippen LogP contribution in [0.1, 0.15) is 5.56 Å². The van der Waals surface area contributed by atoms with E-state index < -0.39 is 11.1 Å². The van der Waals surface area contributed by atoms with Gasteiger partial charge in [0.05, 0.1) is 11.4 Å². The molecule has 1 aromatic carbocycles. The van der Waals surface area contributed by atoms with Crippen molar-refractivity contribution in [3.05, 3.63) is 23.8 Å². The molecule has 1 unspecified atom stereocenters. The van der Waals surface area contributed by atoms with Gasteiger partial charge in [-0.25, -0.2) is 4.21 Å². The van der Waals surface area contributed by atoms with Crippen LogP contribution in [0.4, 0.5) is 5.69 Å². The van der Waals surface area contributed by atoms with Crippen LogP contribution in [0.3, 0.4) is 0 Å². The molecule has 0 aliphatic carbocycles. The van der Waals surface area contributed by atoms with E-state index in [0.29, 0.717) is 17.0 Å². The van der Waals surface area contributed by atoms with Gasteiger partial charge in [-0.15, -0.1) is 0 Å². The summed E-state index contributed by atoms with van der Waals surface area (Å²) in [6, 6.07) is 4.86. The van der Waals surface area contributed by atoms with Gasteiger partial charge in [0.25, 0.3) is 0 Å². The molecule has 0 aromatic heterocycles. The zero-order valence-corrected chi connectivity index (χ0v) is 8.81. The number of anilines is 1. The molecule has 0 bridgehead atoms. The molecule has 1 aromatic rings. The Balaban J connectivity index is 2.88. The summed E-state index contributed by atoms with van der Waals surface area (Å²) >= 11 is 2.65. The lowest BCUT2D eigenvalue weighted by molar-refractivity contribution is 0.563. The van der Waals surface area contributed by atoms with Gasteiger partial charge in [-0.3, -0.25) is 0 Å². The number of hydrogen-bond acceptors (Lipinski definition) is 4. The summed E-state index contributed by atoms with van der Waals surface area (Å²) in [5, 5.41) is 0. The Morgan fingerprint density at radius 1 is 1.64 bits per heavy atom. The van der Waals surface area contributed by atoms with Gasteiger partial charge in [-0.2, -0.15) is 0 Å². The summed E-state index contributed by atoms with van der Waals surface area (Å²) in [6.07, 6.45) is 0. The van der Waals surface area contributed by atoms with E-state index >= 15 is 0 Å². The van der Waals surface area contributed by atoms with Crippen molar-refractivity contribution in [2.75, 3.05) is 5.73 Å². The maximum Gasteiger partial charge on any atom is 0.157 e. The molecule has 0 aliphatic rings. The molecule has 0 saturated heterocycles. The van der Waals surface area contributed by atoms with Crippen molar-refractivity contribution in [1.82, 2.24) is 0 Å². The lowest BCUT2D eigenvalue weighted by Crippen LogP contribution is -1.98. The molecule has 0 spiro atoms. The lowest BCUT2D eigenvalue weighted by Gasteiger charge is -2.05. The molecule has 0 saturated carbocycles. The summed E-state index contributed by atoms with van der Waals surface area (Å²) in [6.45, 7) is 0. The molecule has 76 valence electrons. The monoisotopic (exact) mass is 231 g/mol. The van der Waals surface area contributed by atoms with E-state index in [-0.39, 0.29) is 5.75 Å². The third-order valence-corrected chi connectivity index (χ3v) is 2.22. The van der Waals surface area contributed by atoms with Crippen LogP contribution >= 0.6 is 12.2 Å². The third-order valence-electron chi connectivity index (χ3n) is 1.54. The van der Waals surface area contributed by atoms with Crippen molar-refractivity contribution in [2.45, 2.75) is 5.75 Å². The Morgan fingerprint density at radius 3 is 2.86 bits per heavy atom. The van der Waals surface area contributed by atoms with Crippen LogP contribution in [0.15, 0.2) is 18.2 Å². The third kappa shape index (κ3) is 3.06. The second-order valence-corrected chi connectivity index (χ2v) is 3.68. The van der Waals surface area contributed by atoms with Crippen molar-refractivity contribution in [1.29, 1.82) is 0 Å². The van der Waals surface area contributed by atoms with Gasteiger partial charge in [0, 0.05) is 0 Å². The fourth-order valence-electron chi connectivity index (χ4n) is 0.989. The van der Waals surface area contributed by atoms with E-state index in [1.54, 1.807) is 18.2 Å². The predicted octanol–water partition coefficient (Wildman–Crippen LogP) is 1.33. The molecule has 0 radical (unpaired) electrons. The predicted molar refractivity (Wildman–Crippen MR) is 59.6 cm³/mol. The first-order valence-electron chi connectivity index (χ1n) is 3.69. The zero-order valence-electron chi connectivity index (χ0n) is 7.17. The number of ether oxygens (including phenoxy) is 1. The summed E-state index contributed by atoms with van der Waals surface area (Å²) in [4.78, 5) is 0. The van der Waals surface area contributed by atoms with Gasteiger partial charge < -0.3 is 15.0 Å². The smallest absolute Gasteiger partial charge is 0.157 e. The number of thiocarbonyl (C=S) groups is 1. The Labute approximate surface area is 89.4 Å². The van der Waals surface area contributed by atoms with Crippen molar-refractivity contribution in [3.63, 3.8) is 0 Å². The minimum Gasteiger partial charge on any atom is -0.451 e. The molecule has 0 aliphatic heterocycles. The highest BCUT2D eigenvalue weighted by Crippen LogP contribution is 2.22. The second-order valence-electron chi connectivity index (χ2n) is 2.55. The van der Waals surface area contributed by atoms with Gasteiger partial charge in [-0.1, -0.05) is 6.07 Å². The molecule has 0 fully saturated rings. The van der Waals surface area contributed by atoms with Crippen molar-refractivity contribution >= 4 is 34.5 Å². The molecule has 6 heteroatoms. The number of nitrogen functional groups attached to an aromatic ring is 1. The number of benzene rings is 1. The van der Waals surface area contributed by atoms with E-state index in [9.17, 15) is 4.21 Å². The highest BCUT2D eigenvalue weighted by molar-refractivity contribution is 7.78. The van der Waals surface area contributed by atoms with Crippen molar-refractivity contribution in [3.8, 4) is 5.75 Å². The molecule has 3 N–H and O–H groups in total. The maximum absolute atomic E-state index is 10.5. The maximum atomic E-state index is 10.5. The normalized spacial score (nSPS) is 12.1. The fourth-order valence-corrected chi connectivity index (χ4v) is 1.56. The van der Waals surface area contributed by atoms with Crippen LogP contribution in [0.5, 0.6) is 5.75 Å². The Kier molecular flexibility index (Phi) is 3.99. The minimum atomic E-state index is -1.86. The second kappa shape index (κ2) is 5.04. The Hall–Kier alpha value is -0.980. The highest BCUT2D eigenvalue weighted by atomic mass is 32.2. The first-order valence-corrected chi connectivity index (χ1v) is 5.44. The van der Waals surface area contributed by atoms with E-state index in [1.165, 1.54) is 0 Å². The summed E-state index contributed by atoms with van der Waals surface area (Å²) in [5.41, 5.74) is 7.80. The molecule has 1 atom stereocenters. The summed E-state index contributed by atoms with van der Waals surface area (Å²) in [5.74, 6) is 0.509. The van der Waals surface area contributed by atoms with Crippen molar-refractivity contribution in [2.24, 2.45) is 0 Å².